The molecule has 0 bridgehead atoms. The Morgan fingerprint density at radius 1 is 1.10 bits per heavy atom. The number of nitrogens with one attached hydrogen (secondary N) is 2. The van der Waals surface area contributed by atoms with Crippen molar-refractivity contribution < 1.29 is 22.6 Å². The molecule has 0 aromatic rings. The predicted molar refractivity (Wildman–Crippen MR) is 113 cm³/mol. The molecule has 2 aliphatic rings. The minimum atomic E-state index is -4.10. The van der Waals surface area contributed by atoms with Gasteiger partial charge in [-0.25, -0.2) is 0 Å². The van der Waals surface area contributed by atoms with Crippen molar-refractivity contribution >= 4 is 5.96 Å². The van der Waals surface area contributed by atoms with Crippen molar-refractivity contribution in [1.82, 2.24) is 15.5 Å². The third-order valence-corrected chi connectivity index (χ3v) is 5.71. The van der Waals surface area contributed by atoms with Crippen LogP contribution in [0.5, 0.6) is 0 Å². The number of guanidine groups is 1. The lowest BCUT2D eigenvalue weighted by atomic mass is 9.93. The summed E-state index contributed by atoms with van der Waals surface area (Å²) in [4.78, 5) is 6.11. The van der Waals surface area contributed by atoms with Gasteiger partial charge >= 0.3 is 6.18 Å². The number of ether oxygens (including phenoxy) is 2. The molecule has 9 heteroatoms. The number of piperidine rings is 1. The molecule has 2 aliphatic heterocycles. The maximum atomic E-state index is 12.5. The zero-order valence-corrected chi connectivity index (χ0v) is 18.3. The van der Waals surface area contributed by atoms with E-state index in [4.69, 9.17) is 9.47 Å². The molecule has 0 unspecified atom stereocenters. The van der Waals surface area contributed by atoms with Crippen LogP contribution in [0.25, 0.3) is 0 Å². The molecule has 0 aliphatic carbocycles. The number of alkyl halides is 3. The van der Waals surface area contributed by atoms with Gasteiger partial charge < -0.3 is 20.1 Å². The van der Waals surface area contributed by atoms with Gasteiger partial charge in [-0.05, 0) is 70.4 Å². The molecular weight excluding hydrogens is 397 g/mol. The number of rotatable bonds is 11. The van der Waals surface area contributed by atoms with Gasteiger partial charge in [0.05, 0.1) is 6.54 Å². The van der Waals surface area contributed by atoms with Crippen molar-refractivity contribution in [2.45, 2.75) is 51.6 Å². The van der Waals surface area contributed by atoms with E-state index in [0.29, 0.717) is 31.5 Å². The van der Waals surface area contributed by atoms with E-state index in [0.717, 1.165) is 84.0 Å². The Bertz CT molecular complexity index is 477. The summed E-state index contributed by atoms with van der Waals surface area (Å²) >= 11 is 0. The monoisotopic (exact) mass is 436 g/mol. The molecule has 30 heavy (non-hydrogen) atoms. The number of hydrogen-bond donors (Lipinski definition) is 2. The van der Waals surface area contributed by atoms with E-state index in [2.05, 4.69) is 15.6 Å². The highest BCUT2D eigenvalue weighted by Crippen LogP contribution is 2.24. The Morgan fingerprint density at radius 2 is 1.83 bits per heavy atom. The fourth-order valence-electron chi connectivity index (χ4n) is 3.94. The molecule has 0 saturated carbocycles. The van der Waals surface area contributed by atoms with Crippen LogP contribution in [0.15, 0.2) is 4.99 Å². The number of hydrogen-bond acceptors (Lipinski definition) is 4. The van der Waals surface area contributed by atoms with Crippen molar-refractivity contribution in [3.63, 3.8) is 0 Å². The van der Waals surface area contributed by atoms with E-state index in [-0.39, 0.29) is 0 Å². The summed E-state index contributed by atoms with van der Waals surface area (Å²) in [6.07, 6.45) is 1.59. The Labute approximate surface area is 179 Å². The molecule has 2 rings (SSSR count). The van der Waals surface area contributed by atoms with Gasteiger partial charge in [-0.2, -0.15) is 13.2 Å². The van der Waals surface area contributed by atoms with Gasteiger partial charge in [0.15, 0.2) is 5.96 Å². The summed E-state index contributed by atoms with van der Waals surface area (Å²) in [7, 11) is 0. The fourth-order valence-corrected chi connectivity index (χ4v) is 3.94. The fraction of sp³-hybridized carbons (Fsp3) is 0.952. The van der Waals surface area contributed by atoms with Gasteiger partial charge in [0.25, 0.3) is 0 Å². The van der Waals surface area contributed by atoms with E-state index >= 15 is 0 Å². The summed E-state index contributed by atoms with van der Waals surface area (Å²) in [5, 5.41) is 6.60. The molecule has 2 fully saturated rings. The molecule has 2 N–H and O–H groups in total. The van der Waals surface area contributed by atoms with Gasteiger partial charge in [0, 0.05) is 46.1 Å². The summed E-state index contributed by atoms with van der Waals surface area (Å²) in [5.41, 5.74) is 0. The first kappa shape index (κ1) is 25.2. The van der Waals surface area contributed by atoms with E-state index in [1.54, 1.807) is 0 Å². The standard InChI is InChI=1S/C21H39F3N4O2/c1-2-25-20(26-9-3-13-30-16-19-7-14-29-15-8-19)27-10-4-18-5-11-28(12-6-18)17-21(22,23)24/h18-19H,2-17H2,1H3,(H2,25,26,27). The summed E-state index contributed by atoms with van der Waals surface area (Å²) < 4.78 is 48.5. The third kappa shape index (κ3) is 11.4. The van der Waals surface area contributed by atoms with Crippen LogP contribution in [-0.2, 0) is 9.47 Å². The van der Waals surface area contributed by atoms with Gasteiger partial charge in [-0.3, -0.25) is 9.89 Å². The zero-order valence-electron chi connectivity index (χ0n) is 18.3. The third-order valence-electron chi connectivity index (χ3n) is 5.71. The summed E-state index contributed by atoms with van der Waals surface area (Å²) in [5.74, 6) is 1.90. The maximum Gasteiger partial charge on any atom is 0.401 e. The van der Waals surface area contributed by atoms with Crippen molar-refractivity contribution in [2.75, 3.05) is 65.7 Å². The molecule has 0 aromatic carbocycles. The van der Waals surface area contributed by atoms with Crippen LogP contribution in [-0.4, -0.2) is 82.7 Å². The van der Waals surface area contributed by atoms with Crippen molar-refractivity contribution in [3.8, 4) is 0 Å². The smallest absolute Gasteiger partial charge is 0.381 e. The van der Waals surface area contributed by atoms with Crippen LogP contribution in [0.3, 0.4) is 0 Å². The number of aliphatic imine (C=N–C) groups is 1. The summed E-state index contributed by atoms with van der Waals surface area (Å²) in [6, 6.07) is 0. The second-order valence-electron chi connectivity index (χ2n) is 8.30. The SMILES string of the molecule is CCNC(=NCCCOCC1CCOCC1)NCCC1CCN(CC(F)(F)F)CC1. The minimum Gasteiger partial charge on any atom is -0.381 e. The lowest BCUT2D eigenvalue weighted by Crippen LogP contribution is -2.41. The molecule has 2 heterocycles. The second kappa shape index (κ2) is 14.1. The van der Waals surface area contributed by atoms with Gasteiger partial charge in [0.1, 0.15) is 0 Å². The number of nitrogens with zero attached hydrogens (tertiary/aromatic N) is 2. The minimum absolute atomic E-state index is 0.475. The average Bonchev–Trinajstić information content (AvgIpc) is 2.71. The zero-order chi connectivity index (χ0) is 21.7. The topological polar surface area (TPSA) is 58.1 Å². The largest absolute Gasteiger partial charge is 0.401 e. The first-order valence-electron chi connectivity index (χ1n) is 11.4. The Balaban J connectivity index is 1.54. The summed E-state index contributed by atoms with van der Waals surface area (Å²) in [6.45, 7) is 7.84. The van der Waals surface area contributed by atoms with Gasteiger partial charge in [0.2, 0.25) is 0 Å². The number of likely N-dealkylation sites (tertiary alicyclic amines) is 1. The van der Waals surface area contributed by atoms with Crippen molar-refractivity contribution in [1.29, 1.82) is 0 Å². The quantitative estimate of drug-likeness (QED) is 0.296. The van der Waals surface area contributed by atoms with Crippen LogP contribution >= 0.6 is 0 Å². The molecule has 0 spiro atoms. The maximum absolute atomic E-state index is 12.5. The first-order chi connectivity index (χ1) is 14.5. The molecule has 0 atom stereocenters. The van der Waals surface area contributed by atoms with Crippen LogP contribution in [0.2, 0.25) is 0 Å². The predicted octanol–water partition coefficient (Wildman–Crippen LogP) is 3.04. The molecule has 176 valence electrons. The molecule has 0 radical (unpaired) electrons. The average molecular weight is 437 g/mol. The Morgan fingerprint density at radius 3 is 2.50 bits per heavy atom. The highest BCUT2D eigenvalue weighted by molar-refractivity contribution is 5.79. The molecular formula is C21H39F3N4O2. The van der Waals surface area contributed by atoms with Crippen molar-refractivity contribution in [2.24, 2.45) is 16.8 Å². The number of halogens is 3. The van der Waals surface area contributed by atoms with Gasteiger partial charge in [-0.1, -0.05) is 0 Å². The van der Waals surface area contributed by atoms with Crippen LogP contribution < -0.4 is 10.6 Å². The van der Waals surface area contributed by atoms with Crippen LogP contribution in [0, 0.1) is 11.8 Å². The molecule has 0 amide bonds. The normalized spacial score (nSPS) is 20.5. The van der Waals surface area contributed by atoms with E-state index < -0.39 is 12.7 Å². The Hall–Kier alpha value is -1.06. The van der Waals surface area contributed by atoms with Crippen LogP contribution in [0.1, 0.15) is 45.4 Å². The molecule has 6 nitrogen and oxygen atoms in total. The van der Waals surface area contributed by atoms with E-state index in [9.17, 15) is 13.2 Å². The second-order valence-corrected chi connectivity index (χ2v) is 8.30. The lowest BCUT2D eigenvalue weighted by molar-refractivity contribution is -0.148. The highest BCUT2D eigenvalue weighted by atomic mass is 19.4. The van der Waals surface area contributed by atoms with Crippen molar-refractivity contribution in [3.05, 3.63) is 0 Å². The van der Waals surface area contributed by atoms with Gasteiger partial charge in [-0.15, -0.1) is 0 Å². The van der Waals surface area contributed by atoms with Crippen LogP contribution in [0.4, 0.5) is 13.2 Å². The molecule has 2 saturated heterocycles. The van der Waals surface area contributed by atoms with E-state index in [1.165, 1.54) is 4.90 Å². The Kier molecular flexibility index (Phi) is 11.8. The lowest BCUT2D eigenvalue weighted by Gasteiger charge is -2.32. The van der Waals surface area contributed by atoms with E-state index in [1.807, 2.05) is 6.92 Å². The first-order valence-corrected chi connectivity index (χ1v) is 11.4. The molecule has 0 aromatic heterocycles. The highest BCUT2D eigenvalue weighted by Gasteiger charge is 2.32.